The summed E-state index contributed by atoms with van der Waals surface area (Å²) < 4.78 is 5.00. The Morgan fingerprint density at radius 2 is 2.17 bits per heavy atom. The molecule has 0 spiro atoms. The first-order valence-electron chi connectivity index (χ1n) is 9.36. The van der Waals surface area contributed by atoms with Gasteiger partial charge in [-0.25, -0.2) is 0 Å². The van der Waals surface area contributed by atoms with Gasteiger partial charge in [0.1, 0.15) is 5.76 Å². The highest BCUT2D eigenvalue weighted by atomic mass is 16.5. The molecule has 1 aliphatic carbocycles. The van der Waals surface area contributed by atoms with Crippen LogP contribution in [0.5, 0.6) is 0 Å². The summed E-state index contributed by atoms with van der Waals surface area (Å²) in [5.74, 6) is 1.15. The zero-order valence-electron chi connectivity index (χ0n) is 14.6. The number of nitrogens with one attached hydrogen (secondary N) is 2. The van der Waals surface area contributed by atoms with E-state index in [1.807, 2.05) is 0 Å². The Morgan fingerprint density at radius 1 is 1.38 bits per heavy atom. The normalized spacial score (nSPS) is 25.4. The van der Waals surface area contributed by atoms with Crippen LogP contribution in [0.4, 0.5) is 0 Å². The number of aromatic amines is 1. The maximum Gasteiger partial charge on any atom is 0.280 e. The Labute approximate surface area is 142 Å². The fourth-order valence-electron chi connectivity index (χ4n) is 4.26. The first-order chi connectivity index (χ1) is 11.7. The van der Waals surface area contributed by atoms with Gasteiger partial charge in [-0.2, -0.15) is 5.16 Å². The second-order valence-corrected chi connectivity index (χ2v) is 7.29. The average Bonchev–Trinajstić information content (AvgIpc) is 3.27. The Kier molecular flexibility index (Phi) is 5.76. The topological polar surface area (TPSA) is 78.3 Å². The number of hydrogen-bond donors (Lipinski definition) is 2. The molecule has 3 rings (SSSR count). The smallest absolute Gasteiger partial charge is 0.280 e. The molecule has 1 aliphatic heterocycles. The Bertz CT molecular complexity index is 588. The molecular formula is C18H29N3O3. The number of nitrogens with zero attached hydrogens (tertiary/aromatic N) is 1. The Morgan fingerprint density at radius 3 is 2.83 bits per heavy atom. The van der Waals surface area contributed by atoms with Crippen molar-refractivity contribution >= 4 is 5.91 Å². The highest BCUT2D eigenvalue weighted by molar-refractivity contribution is 5.76. The summed E-state index contributed by atoms with van der Waals surface area (Å²) in [7, 11) is 0. The van der Waals surface area contributed by atoms with E-state index in [1.165, 1.54) is 38.2 Å². The van der Waals surface area contributed by atoms with Crippen molar-refractivity contribution in [1.29, 1.82) is 0 Å². The van der Waals surface area contributed by atoms with Gasteiger partial charge in [0.2, 0.25) is 5.91 Å². The third kappa shape index (κ3) is 4.29. The molecular weight excluding hydrogens is 306 g/mol. The Balaban J connectivity index is 1.51. The maximum absolute atomic E-state index is 12.3. The number of likely N-dealkylation sites (tertiary alicyclic amines) is 1. The van der Waals surface area contributed by atoms with E-state index >= 15 is 0 Å². The number of aromatic nitrogens is 1. The molecule has 0 bridgehead atoms. The minimum atomic E-state index is -0.253. The van der Waals surface area contributed by atoms with Crippen molar-refractivity contribution in [2.45, 2.75) is 70.4 Å². The van der Waals surface area contributed by atoms with E-state index in [-0.39, 0.29) is 17.5 Å². The molecule has 0 aromatic carbocycles. The van der Waals surface area contributed by atoms with Gasteiger partial charge in [-0.15, -0.1) is 0 Å². The highest BCUT2D eigenvalue weighted by Crippen LogP contribution is 2.30. The summed E-state index contributed by atoms with van der Waals surface area (Å²) in [5.41, 5.74) is -0.253. The number of rotatable bonds is 7. The van der Waals surface area contributed by atoms with Crippen LogP contribution in [0.25, 0.3) is 0 Å². The van der Waals surface area contributed by atoms with Crippen molar-refractivity contribution in [1.82, 2.24) is 15.4 Å². The number of H-pyrrole nitrogens is 1. The van der Waals surface area contributed by atoms with Crippen LogP contribution in [-0.4, -0.2) is 41.1 Å². The molecule has 1 amide bonds. The van der Waals surface area contributed by atoms with Crippen LogP contribution in [0, 0.1) is 5.92 Å². The molecule has 6 nitrogen and oxygen atoms in total. The van der Waals surface area contributed by atoms with Gasteiger partial charge in [-0.05, 0) is 25.2 Å². The Hall–Kier alpha value is -1.56. The lowest BCUT2D eigenvalue weighted by Gasteiger charge is -2.23. The lowest BCUT2D eigenvalue weighted by atomic mass is 9.98. The van der Waals surface area contributed by atoms with Gasteiger partial charge in [0.15, 0.2) is 0 Å². The van der Waals surface area contributed by atoms with Crippen molar-refractivity contribution in [3.63, 3.8) is 0 Å². The summed E-state index contributed by atoms with van der Waals surface area (Å²) in [4.78, 5) is 25.9. The molecule has 6 heteroatoms. The molecule has 1 saturated heterocycles. The average molecular weight is 335 g/mol. The minimum Gasteiger partial charge on any atom is -0.384 e. The molecule has 24 heavy (non-hydrogen) atoms. The molecule has 2 aliphatic rings. The van der Waals surface area contributed by atoms with E-state index in [2.05, 4.69) is 22.3 Å². The van der Waals surface area contributed by atoms with Crippen molar-refractivity contribution in [3.05, 3.63) is 22.2 Å². The van der Waals surface area contributed by atoms with E-state index in [9.17, 15) is 9.59 Å². The number of carbonyl (C=O) groups is 1. The lowest BCUT2D eigenvalue weighted by Crippen LogP contribution is -2.41. The molecule has 2 atom stereocenters. The maximum atomic E-state index is 12.3. The SMILES string of the molecule is CCC[C@H]1CN(C2CCCC2)C[C@@H]1NC(=O)CCc1cc(=O)[nH]o1. The predicted molar refractivity (Wildman–Crippen MR) is 91.8 cm³/mol. The summed E-state index contributed by atoms with van der Waals surface area (Å²) >= 11 is 0. The fourth-order valence-corrected chi connectivity index (χ4v) is 4.26. The quantitative estimate of drug-likeness (QED) is 0.799. The summed E-state index contributed by atoms with van der Waals surface area (Å²) in [6.07, 6.45) is 8.46. The fraction of sp³-hybridized carbons (Fsp3) is 0.778. The van der Waals surface area contributed by atoms with E-state index in [4.69, 9.17) is 4.52 Å². The standard InChI is InChI=1S/C18H29N3O3/c1-2-5-13-11-21(14-6-3-4-7-14)12-16(13)19-17(22)9-8-15-10-18(23)20-24-15/h10,13-14,16H,2-9,11-12H2,1H3,(H,19,22)(H,20,23)/t13-,16-/m0/s1. The lowest BCUT2D eigenvalue weighted by molar-refractivity contribution is -0.122. The van der Waals surface area contributed by atoms with Crippen LogP contribution in [-0.2, 0) is 11.2 Å². The number of aryl methyl sites for hydroxylation is 1. The van der Waals surface area contributed by atoms with Crippen molar-refractivity contribution in [2.24, 2.45) is 5.92 Å². The molecule has 2 fully saturated rings. The van der Waals surface area contributed by atoms with E-state index in [0.717, 1.165) is 25.6 Å². The zero-order valence-corrected chi connectivity index (χ0v) is 14.6. The van der Waals surface area contributed by atoms with Crippen LogP contribution in [0.2, 0.25) is 0 Å². The molecule has 2 heterocycles. The number of carbonyl (C=O) groups excluding carboxylic acids is 1. The number of hydrogen-bond acceptors (Lipinski definition) is 4. The largest absolute Gasteiger partial charge is 0.384 e. The second kappa shape index (κ2) is 8.01. The zero-order chi connectivity index (χ0) is 16.9. The van der Waals surface area contributed by atoms with Gasteiger partial charge >= 0.3 is 0 Å². The summed E-state index contributed by atoms with van der Waals surface area (Å²) in [5, 5.41) is 5.49. The molecule has 134 valence electrons. The van der Waals surface area contributed by atoms with Gasteiger partial charge in [-0.1, -0.05) is 26.2 Å². The van der Waals surface area contributed by atoms with Crippen LogP contribution in [0.1, 0.15) is 57.6 Å². The van der Waals surface area contributed by atoms with E-state index in [1.54, 1.807) is 0 Å². The second-order valence-electron chi connectivity index (χ2n) is 7.29. The van der Waals surface area contributed by atoms with E-state index < -0.39 is 0 Å². The minimum absolute atomic E-state index is 0.0539. The van der Waals surface area contributed by atoms with Crippen molar-refractivity contribution in [3.8, 4) is 0 Å². The predicted octanol–water partition coefficient (Wildman–Crippen LogP) is 2.06. The molecule has 0 radical (unpaired) electrons. The first kappa shape index (κ1) is 17.3. The first-order valence-corrected chi connectivity index (χ1v) is 9.36. The van der Waals surface area contributed by atoms with Gasteiger partial charge < -0.3 is 9.84 Å². The number of amides is 1. The van der Waals surface area contributed by atoms with Gasteiger partial charge in [0.25, 0.3) is 5.56 Å². The molecule has 1 saturated carbocycles. The van der Waals surface area contributed by atoms with Gasteiger partial charge in [-0.3, -0.25) is 14.5 Å². The van der Waals surface area contributed by atoms with Gasteiger partial charge in [0.05, 0.1) is 0 Å². The van der Waals surface area contributed by atoms with Crippen molar-refractivity contribution < 1.29 is 9.32 Å². The third-order valence-corrected chi connectivity index (χ3v) is 5.49. The summed E-state index contributed by atoms with van der Waals surface area (Å²) in [6, 6.07) is 2.39. The monoisotopic (exact) mass is 335 g/mol. The van der Waals surface area contributed by atoms with Gasteiger partial charge in [0, 0.05) is 44.1 Å². The van der Waals surface area contributed by atoms with Crippen LogP contribution in [0.3, 0.4) is 0 Å². The third-order valence-electron chi connectivity index (χ3n) is 5.49. The van der Waals surface area contributed by atoms with Crippen LogP contribution in [0.15, 0.2) is 15.4 Å². The molecule has 1 aromatic heterocycles. The molecule has 0 unspecified atom stereocenters. The molecule has 1 aromatic rings. The molecule has 2 N–H and O–H groups in total. The van der Waals surface area contributed by atoms with E-state index in [0.29, 0.717) is 24.5 Å². The highest BCUT2D eigenvalue weighted by Gasteiger charge is 2.36. The van der Waals surface area contributed by atoms with Crippen LogP contribution >= 0.6 is 0 Å². The summed E-state index contributed by atoms with van der Waals surface area (Å²) in [6.45, 7) is 4.32. The van der Waals surface area contributed by atoms with Crippen molar-refractivity contribution in [2.75, 3.05) is 13.1 Å². The van der Waals surface area contributed by atoms with Crippen LogP contribution < -0.4 is 10.9 Å².